The normalized spacial score (nSPS) is 15.5. The minimum absolute atomic E-state index is 0.0324. The Labute approximate surface area is 178 Å². The van der Waals surface area contributed by atoms with E-state index in [9.17, 15) is 34.5 Å². The van der Waals surface area contributed by atoms with Gasteiger partial charge in [0, 0.05) is 6.54 Å². The van der Waals surface area contributed by atoms with Crippen molar-refractivity contribution in [2.24, 2.45) is 22.2 Å². The molecule has 0 radical (unpaired) electrons. The smallest absolute Gasteiger partial charge is 0.326 e. The summed E-state index contributed by atoms with van der Waals surface area (Å²) in [7, 11) is 0. The maximum atomic E-state index is 12.4. The van der Waals surface area contributed by atoms with Gasteiger partial charge in [-0.2, -0.15) is 0 Å². The van der Waals surface area contributed by atoms with Crippen LogP contribution >= 0.6 is 0 Å². The summed E-state index contributed by atoms with van der Waals surface area (Å²) < 4.78 is 0. The second kappa shape index (κ2) is 14.1. The Kier molecular flexibility index (Phi) is 12.7. The zero-order chi connectivity index (χ0) is 24.1. The summed E-state index contributed by atoms with van der Waals surface area (Å²) in [6.07, 6.45) is -1.22. The SMILES string of the molecule is CC(O)C(NC(=O)C(N)CO)C(=O)NC(CO)C(=O)NC(CCCN=C(N)N)C(=O)O. The third-order valence-electron chi connectivity index (χ3n) is 3.97. The molecule has 31 heavy (non-hydrogen) atoms. The van der Waals surface area contributed by atoms with Gasteiger partial charge in [-0.3, -0.25) is 19.4 Å². The number of carbonyl (C=O) groups is 4. The molecule has 5 unspecified atom stereocenters. The van der Waals surface area contributed by atoms with E-state index in [-0.39, 0.29) is 25.3 Å². The third kappa shape index (κ3) is 10.5. The lowest BCUT2D eigenvalue weighted by molar-refractivity contribution is -0.143. The van der Waals surface area contributed by atoms with Crippen LogP contribution in [0.4, 0.5) is 0 Å². The number of nitrogens with two attached hydrogens (primary N) is 3. The first-order valence-corrected chi connectivity index (χ1v) is 9.29. The third-order valence-corrected chi connectivity index (χ3v) is 3.97. The molecule has 0 saturated carbocycles. The molecule has 0 bridgehead atoms. The summed E-state index contributed by atoms with van der Waals surface area (Å²) in [5.41, 5.74) is 15.7. The summed E-state index contributed by atoms with van der Waals surface area (Å²) in [5.74, 6) is -4.50. The summed E-state index contributed by atoms with van der Waals surface area (Å²) in [5, 5.41) is 43.7. The molecule has 13 N–H and O–H groups in total. The highest BCUT2D eigenvalue weighted by Crippen LogP contribution is 2.01. The standard InChI is InChI=1S/C16H31N7O8/c1-7(26)11(23-12(27)8(17)5-24)14(29)22-10(6-25)13(28)21-9(15(30)31)3-2-4-20-16(18)19/h7-11,24-26H,2-6,17H2,1H3,(H,21,28)(H,22,29)(H,23,27)(H,30,31)(H4,18,19,20). The number of hydrogen-bond donors (Lipinski definition) is 10. The Hall–Kier alpha value is -3.01. The number of aliphatic carboxylic acids is 1. The first-order chi connectivity index (χ1) is 14.4. The number of rotatable bonds is 14. The molecule has 0 saturated heterocycles. The highest BCUT2D eigenvalue weighted by atomic mass is 16.4. The zero-order valence-electron chi connectivity index (χ0n) is 17.0. The zero-order valence-corrected chi connectivity index (χ0v) is 17.0. The largest absolute Gasteiger partial charge is 0.480 e. The average molecular weight is 449 g/mol. The highest BCUT2D eigenvalue weighted by molar-refractivity contribution is 5.94. The summed E-state index contributed by atoms with van der Waals surface area (Å²) in [6.45, 7) is -0.288. The first kappa shape index (κ1) is 28.0. The maximum Gasteiger partial charge on any atom is 0.326 e. The van der Waals surface area contributed by atoms with Gasteiger partial charge in [-0.25, -0.2) is 4.79 Å². The number of nitrogens with zero attached hydrogens (tertiary/aromatic N) is 1. The lowest BCUT2D eigenvalue weighted by Gasteiger charge is -2.25. The molecule has 0 heterocycles. The Morgan fingerprint density at radius 1 is 0.935 bits per heavy atom. The van der Waals surface area contributed by atoms with E-state index in [4.69, 9.17) is 22.3 Å². The van der Waals surface area contributed by atoms with Crippen molar-refractivity contribution in [2.45, 2.75) is 50.0 Å². The van der Waals surface area contributed by atoms with Crippen LogP contribution in [0.3, 0.4) is 0 Å². The number of carboxylic acids is 1. The maximum absolute atomic E-state index is 12.4. The van der Waals surface area contributed by atoms with Gasteiger partial charge in [-0.15, -0.1) is 0 Å². The average Bonchev–Trinajstić information content (AvgIpc) is 2.70. The fourth-order valence-corrected chi connectivity index (χ4v) is 2.24. The van der Waals surface area contributed by atoms with Crippen LogP contribution in [0.5, 0.6) is 0 Å². The van der Waals surface area contributed by atoms with E-state index in [1.807, 2.05) is 0 Å². The van der Waals surface area contributed by atoms with Gasteiger partial charge in [-0.1, -0.05) is 0 Å². The van der Waals surface area contributed by atoms with Gasteiger partial charge in [0.25, 0.3) is 0 Å². The van der Waals surface area contributed by atoms with Crippen molar-refractivity contribution >= 4 is 29.7 Å². The Bertz CT molecular complexity index is 654. The predicted molar refractivity (Wildman–Crippen MR) is 107 cm³/mol. The Balaban J connectivity index is 5.07. The quantitative estimate of drug-likeness (QED) is 0.0677. The number of amides is 3. The van der Waals surface area contributed by atoms with Crippen LogP contribution in [0.1, 0.15) is 19.8 Å². The van der Waals surface area contributed by atoms with Gasteiger partial charge in [0.1, 0.15) is 24.2 Å². The number of aliphatic hydroxyl groups excluding tert-OH is 3. The van der Waals surface area contributed by atoms with Crippen molar-refractivity contribution < 1.29 is 39.6 Å². The molecule has 0 aliphatic carbocycles. The second-order valence-corrected chi connectivity index (χ2v) is 6.61. The molecular weight excluding hydrogens is 418 g/mol. The molecule has 15 heteroatoms. The lowest BCUT2D eigenvalue weighted by atomic mass is 10.1. The van der Waals surface area contributed by atoms with Crippen molar-refractivity contribution in [1.29, 1.82) is 0 Å². The van der Waals surface area contributed by atoms with Crippen LogP contribution in [0, 0.1) is 0 Å². The molecule has 0 aliphatic rings. The molecule has 0 aliphatic heterocycles. The number of guanidine groups is 1. The minimum Gasteiger partial charge on any atom is -0.480 e. The Morgan fingerprint density at radius 3 is 1.97 bits per heavy atom. The summed E-state index contributed by atoms with van der Waals surface area (Å²) in [6, 6.07) is -5.82. The number of aliphatic imine (C=N–C) groups is 1. The molecule has 5 atom stereocenters. The van der Waals surface area contributed by atoms with Crippen LogP contribution in [0.2, 0.25) is 0 Å². The fourth-order valence-electron chi connectivity index (χ4n) is 2.24. The lowest BCUT2D eigenvalue weighted by Crippen LogP contribution is -2.60. The molecular formula is C16H31N7O8. The monoisotopic (exact) mass is 449 g/mol. The van der Waals surface area contributed by atoms with E-state index in [0.717, 1.165) is 0 Å². The number of carbonyl (C=O) groups excluding carboxylic acids is 3. The summed E-state index contributed by atoms with van der Waals surface area (Å²) >= 11 is 0. The Morgan fingerprint density at radius 2 is 1.52 bits per heavy atom. The van der Waals surface area contributed by atoms with Gasteiger partial charge < -0.3 is 53.6 Å². The van der Waals surface area contributed by atoms with Gasteiger partial charge >= 0.3 is 5.97 Å². The van der Waals surface area contributed by atoms with Crippen molar-refractivity contribution in [1.82, 2.24) is 16.0 Å². The van der Waals surface area contributed by atoms with E-state index in [1.165, 1.54) is 6.92 Å². The molecule has 0 aromatic carbocycles. The summed E-state index contributed by atoms with van der Waals surface area (Å²) in [4.78, 5) is 51.5. The molecule has 0 aromatic heterocycles. The molecule has 0 aromatic rings. The fraction of sp³-hybridized carbons (Fsp3) is 0.688. The van der Waals surface area contributed by atoms with Crippen LogP contribution in [0.15, 0.2) is 4.99 Å². The number of carboxylic acid groups (broad SMARTS) is 1. The minimum atomic E-state index is -1.57. The molecule has 0 rings (SSSR count). The number of aliphatic hydroxyl groups is 3. The van der Waals surface area contributed by atoms with E-state index < -0.39 is 67.2 Å². The van der Waals surface area contributed by atoms with Gasteiger partial charge in [0.05, 0.1) is 19.3 Å². The molecule has 178 valence electrons. The number of hydrogen-bond acceptors (Lipinski definition) is 9. The van der Waals surface area contributed by atoms with Crippen molar-refractivity contribution in [3.8, 4) is 0 Å². The van der Waals surface area contributed by atoms with Gasteiger partial charge in [0.2, 0.25) is 17.7 Å². The molecule has 3 amide bonds. The van der Waals surface area contributed by atoms with Crippen molar-refractivity contribution in [3.63, 3.8) is 0 Å². The predicted octanol–water partition coefficient (Wildman–Crippen LogP) is -5.73. The van der Waals surface area contributed by atoms with Crippen molar-refractivity contribution in [3.05, 3.63) is 0 Å². The topological polar surface area (TPSA) is 276 Å². The second-order valence-electron chi connectivity index (χ2n) is 6.61. The van der Waals surface area contributed by atoms with E-state index >= 15 is 0 Å². The van der Waals surface area contributed by atoms with Crippen molar-refractivity contribution in [2.75, 3.05) is 19.8 Å². The molecule has 0 spiro atoms. The van der Waals surface area contributed by atoms with Gasteiger partial charge in [0.15, 0.2) is 5.96 Å². The van der Waals surface area contributed by atoms with E-state index in [0.29, 0.717) is 0 Å². The van der Waals surface area contributed by atoms with Crippen LogP contribution in [-0.2, 0) is 19.2 Å². The van der Waals surface area contributed by atoms with Crippen LogP contribution < -0.4 is 33.2 Å². The van der Waals surface area contributed by atoms with Crippen LogP contribution in [-0.4, -0.2) is 100 Å². The van der Waals surface area contributed by atoms with Gasteiger partial charge in [-0.05, 0) is 19.8 Å². The first-order valence-electron chi connectivity index (χ1n) is 9.29. The molecule has 0 fully saturated rings. The van der Waals surface area contributed by atoms with E-state index in [1.54, 1.807) is 0 Å². The highest BCUT2D eigenvalue weighted by Gasteiger charge is 2.32. The van der Waals surface area contributed by atoms with E-state index in [2.05, 4.69) is 20.9 Å². The molecule has 15 nitrogen and oxygen atoms in total. The number of nitrogens with one attached hydrogen (secondary N) is 3. The van der Waals surface area contributed by atoms with Crippen LogP contribution in [0.25, 0.3) is 0 Å².